The first-order valence-corrected chi connectivity index (χ1v) is 12.4. The fraction of sp³-hybridized carbons (Fsp3) is 0.538. The topological polar surface area (TPSA) is 145 Å². The van der Waals surface area contributed by atoms with Gasteiger partial charge in [-0.3, -0.25) is 19.2 Å². The minimum Gasteiger partial charge on any atom is -0.388 e. The van der Waals surface area contributed by atoms with Crippen molar-refractivity contribution in [3.8, 4) is 0 Å². The summed E-state index contributed by atoms with van der Waals surface area (Å²) in [6.07, 6.45) is 3.93. The Kier molecular flexibility index (Phi) is 7.35. The molecule has 192 valence electrons. The molecule has 4 N–H and O–H groups in total. The van der Waals surface area contributed by atoms with Crippen molar-refractivity contribution in [2.75, 3.05) is 13.2 Å². The Balaban J connectivity index is 1.44. The summed E-state index contributed by atoms with van der Waals surface area (Å²) >= 11 is 0. The highest BCUT2D eigenvalue weighted by Gasteiger charge is 2.48. The molecule has 2 heterocycles. The number of amides is 4. The van der Waals surface area contributed by atoms with Crippen molar-refractivity contribution in [1.29, 1.82) is 0 Å². The predicted octanol–water partition coefficient (Wildman–Crippen LogP) is -0.309. The number of benzene rings is 1. The van der Waals surface area contributed by atoms with E-state index < -0.39 is 53.7 Å². The molecule has 1 aromatic carbocycles. The third-order valence-corrected chi connectivity index (χ3v) is 7.33. The average molecular weight is 498 g/mol. The summed E-state index contributed by atoms with van der Waals surface area (Å²) in [5, 5.41) is 17.6. The van der Waals surface area contributed by atoms with Crippen molar-refractivity contribution in [2.45, 2.75) is 63.6 Å². The van der Waals surface area contributed by atoms with E-state index in [9.17, 15) is 29.1 Å². The first kappa shape index (κ1) is 25.7. The lowest BCUT2D eigenvalue weighted by atomic mass is 9.92. The molecule has 10 heteroatoms. The van der Waals surface area contributed by atoms with Gasteiger partial charge in [0.1, 0.15) is 6.61 Å². The van der Waals surface area contributed by atoms with Crippen LogP contribution in [-0.4, -0.2) is 70.5 Å². The summed E-state index contributed by atoms with van der Waals surface area (Å²) in [6, 6.07) is 5.74. The van der Waals surface area contributed by atoms with Crippen molar-refractivity contribution < 1.29 is 33.7 Å². The van der Waals surface area contributed by atoms with Crippen molar-refractivity contribution in [2.24, 2.45) is 11.8 Å². The van der Waals surface area contributed by atoms with E-state index >= 15 is 0 Å². The molecule has 4 atom stereocenters. The Morgan fingerprint density at radius 1 is 1.17 bits per heavy atom. The second-order valence-electron chi connectivity index (χ2n) is 10.2. The third kappa shape index (κ3) is 5.38. The van der Waals surface area contributed by atoms with Gasteiger partial charge in [-0.05, 0) is 38.2 Å². The van der Waals surface area contributed by atoms with Crippen LogP contribution in [0.1, 0.15) is 50.2 Å². The fourth-order valence-electron chi connectivity index (χ4n) is 5.07. The van der Waals surface area contributed by atoms with E-state index in [-0.39, 0.29) is 24.7 Å². The fourth-order valence-corrected chi connectivity index (χ4v) is 5.07. The molecule has 3 aliphatic rings. The number of carbonyl (C=O) groups is 5. The molecule has 1 unspecified atom stereocenters. The van der Waals surface area contributed by atoms with Crippen LogP contribution in [0.25, 0.3) is 0 Å². The Morgan fingerprint density at radius 2 is 1.86 bits per heavy atom. The normalized spacial score (nSPS) is 25.4. The minimum absolute atomic E-state index is 0.0837. The van der Waals surface area contributed by atoms with Crippen molar-refractivity contribution >= 4 is 35.6 Å². The van der Waals surface area contributed by atoms with Gasteiger partial charge in [-0.2, -0.15) is 4.58 Å². The van der Waals surface area contributed by atoms with Gasteiger partial charge in [0.05, 0.1) is 5.54 Å². The minimum atomic E-state index is -1.02. The van der Waals surface area contributed by atoms with Gasteiger partial charge in [-0.25, -0.2) is 4.79 Å². The molecule has 36 heavy (non-hydrogen) atoms. The summed E-state index contributed by atoms with van der Waals surface area (Å²) in [7, 11) is 0. The molecular weight excluding hydrogens is 464 g/mol. The van der Waals surface area contributed by atoms with Crippen LogP contribution in [0.4, 0.5) is 0 Å². The molecule has 1 aromatic rings. The van der Waals surface area contributed by atoms with Gasteiger partial charge in [0.15, 0.2) is 12.3 Å². The molecule has 1 saturated heterocycles. The summed E-state index contributed by atoms with van der Waals surface area (Å²) in [5.41, 5.74) is 1.45. The predicted molar refractivity (Wildman–Crippen MR) is 129 cm³/mol. The lowest BCUT2D eigenvalue weighted by Gasteiger charge is -2.25. The number of carbonyl (C=O) groups excluding carboxylic acids is 5. The first-order valence-electron chi connectivity index (χ1n) is 12.4. The molecule has 2 fully saturated rings. The maximum absolute atomic E-state index is 13.3. The molecule has 1 saturated carbocycles. The zero-order valence-corrected chi connectivity index (χ0v) is 20.6. The van der Waals surface area contributed by atoms with E-state index in [1.807, 2.05) is 38.1 Å². The molecular formula is C26H33N4O6+. The molecule has 0 bridgehead atoms. The number of hydrogen-bond donors (Lipinski definition) is 4. The molecule has 0 spiro atoms. The quantitative estimate of drug-likeness (QED) is 0.287. The number of nitrogens with zero attached hydrogens (tertiary/aromatic N) is 1. The number of ketones is 1. The van der Waals surface area contributed by atoms with Gasteiger partial charge in [-0.1, -0.05) is 36.8 Å². The lowest BCUT2D eigenvalue weighted by Crippen LogP contribution is -2.57. The molecule has 1 aliphatic carbocycles. The number of hydrogen-bond acceptors (Lipinski definition) is 6. The van der Waals surface area contributed by atoms with E-state index in [1.165, 1.54) is 4.58 Å². The zero-order chi connectivity index (χ0) is 26.0. The maximum Gasteiger partial charge on any atom is 0.409 e. The van der Waals surface area contributed by atoms with Gasteiger partial charge < -0.3 is 21.1 Å². The highest BCUT2D eigenvalue weighted by molar-refractivity contribution is 6.35. The van der Waals surface area contributed by atoms with E-state index in [2.05, 4.69) is 16.0 Å². The van der Waals surface area contributed by atoms with E-state index in [0.717, 1.165) is 24.0 Å². The molecule has 10 nitrogen and oxygen atoms in total. The summed E-state index contributed by atoms with van der Waals surface area (Å²) in [5.74, 6) is -3.68. The van der Waals surface area contributed by atoms with E-state index in [4.69, 9.17) is 0 Å². The van der Waals surface area contributed by atoms with Crippen LogP contribution in [-0.2, 0) is 29.5 Å². The monoisotopic (exact) mass is 497 g/mol. The number of aliphatic hydroxyl groups is 1. The highest BCUT2D eigenvalue weighted by atomic mass is 16.3. The molecule has 4 rings (SSSR count). The SMILES string of the molecule is Cc1ccc(C2(NC(=O)C(=O)N[C@H]3CC(C)C=[N+]([C@@H](C[C@@H]4CCNC4=O)C(=O)CO)C3=O)CC2)cc1. The standard InChI is InChI=1S/C26H32N4O6/c1-15-3-5-18(6-4-15)26(8-9-26)29-24(35)23(34)28-19-11-16(2)13-30(25(19)36)20(21(32)14-31)12-17-7-10-27-22(17)33/h3-6,13,16-17,19-20,31H,7-12,14H2,1-2H3,(H2-,27,28,29,33,34,35)/p+1/t16?,17-,19-,20-/m0/s1. The van der Waals surface area contributed by atoms with E-state index in [1.54, 1.807) is 6.21 Å². The molecule has 4 amide bonds. The van der Waals surface area contributed by atoms with Gasteiger partial charge >= 0.3 is 17.7 Å². The van der Waals surface area contributed by atoms with Gasteiger partial charge in [-0.15, -0.1) is 0 Å². The number of rotatable bonds is 8. The first-order chi connectivity index (χ1) is 17.1. The van der Waals surface area contributed by atoms with Gasteiger partial charge in [0.25, 0.3) is 0 Å². The molecule has 2 aliphatic heterocycles. The maximum atomic E-state index is 13.3. The van der Waals surface area contributed by atoms with Gasteiger partial charge in [0.2, 0.25) is 17.7 Å². The Labute approximate surface area is 209 Å². The lowest BCUT2D eigenvalue weighted by molar-refractivity contribution is -0.479. The Morgan fingerprint density at radius 3 is 2.44 bits per heavy atom. The van der Waals surface area contributed by atoms with Crippen molar-refractivity contribution in [3.05, 3.63) is 35.4 Å². The van der Waals surface area contributed by atoms with Crippen LogP contribution in [0.5, 0.6) is 0 Å². The Hall–Kier alpha value is -3.40. The van der Waals surface area contributed by atoms with Crippen LogP contribution < -0.4 is 16.0 Å². The average Bonchev–Trinajstić information content (AvgIpc) is 3.52. The number of aryl methyl sites for hydroxylation is 1. The number of nitrogens with one attached hydrogen (secondary N) is 3. The second-order valence-corrected chi connectivity index (χ2v) is 10.2. The molecule has 0 radical (unpaired) electrons. The van der Waals surface area contributed by atoms with E-state index in [0.29, 0.717) is 13.0 Å². The largest absolute Gasteiger partial charge is 0.409 e. The highest BCUT2D eigenvalue weighted by Crippen LogP contribution is 2.45. The summed E-state index contributed by atoms with van der Waals surface area (Å²) < 4.78 is 1.23. The number of aliphatic hydroxyl groups excluding tert-OH is 1. The third-order valence-electron chi connectivity index (χ3n) is 7.33. The zero-order valence-electron chi connectivity index (χ0n) is 20.6. The summed E-state index contributed by atoms with van der Waals surface area (Å²) in [6.45, 7) is 3.53. The van der Waals surface area contributed by atoms with Crippen molar-refractivity contribution in [1.82, 2.24) is 16.0 Å². The van der Waals surface area contributed by atoms with Crippen LogP contribution in [0.3, 0.4) is 0 Å². The summed E-state index contributed by atoms with van der Waals surface area (Å²) in [4.78, 5) is 63.5. The van der Waals surface area contributed by atoms with Gasteiger partial charge in [0, 0.05) is 24.8 Å². The molecule has 0 aromatic heterocycles. The smallest absolute Gasteiger partial charge is 0.388 e. The Bertz CT molecular complexity index is 1110. The van der Waals surface area contributed by atoms with Crippen LogP contribution in [0.15, 0.2) is 24.3 Å². The van der Waals surface area contributed by atoms with Crippen LogP contribution >= 0.6 is 0 Å². The second kappa shape index (κ2) is 10.3. The van der Waals surface area contributed by atoms with Crippen LogP contribution in [0, 0.1) is 18.8 Å². The number of Topliss-reactive ketones (excluding diaryl/α,β-unsaturated/α-hetero) is 1. The van der Waals surface area contributed by atoms with Crippen molar-refractivity contribution in [3.63, 3.8) is 0 Å². The van der Waals surface area contributed by atoms with Crippen LogP contribution in [0.2, 0.25) is 0 Å².